The number of anilines is 1. The zero-order valence-electron chi connectivity index (χ0n) is 9.08. The Hall–Kier alpha value is -1.52. The molecule has 0 spiro atoms. The molecule has 1 aromatic heterocycles. The van der Waals surface area contributed by atoms with Crippen LogP contribution in [-0.2, 0) is 7.05 Å². The topological polar surface area (TPSA) is 72.9 Å². The van der Waals surface area contributed by atoms with Crippen molar-refractivity contribution in [3.05, 3.63) is 11.8 Å². The fraction of sp³-hybridized carbons (Fsp3) is 0.600. The average molecular weight is 208 g/mol. The van der Waals surface area contributed by atoms with Gasteiger partial charge in [0.25, 0.3) is 5.91 Å². The molecule has 5 nitrogen and oxygen atoms in total. The second-order valence-corrected chi connectivity index (χ2v) is 4.44. The van der Waals surface area contributed by atoms with Crippen LogP contribution in [0.1, 0.15) is 36.5 Å². The molecular formula is C10H16N4O. The van der Waals surface area contributed by atoms with Crippen molar-refractivity contribution in [1.82, 2.24) is 15.1 Å². The van der Waals surface area contributed by atoms with E-state index in [9.17, 15) is 4.79 Å². The molecule has 1 heterocycles. The number of nitrogen functional groups attached to an aromatic ring is 1. The summed E-state index contributed by atoms with van der Waals surface area (Å²) >= 11 is 0. The highest BCUT2D eigenvalue weighted by atomic mass is 16.1. The molecule has 0 radical (unpaired) electrons. The number of hydrogen-bond acceptors (Lipinski definition) is 3. The Kier molecular flexibility index (Phi) is 2.17. The number of aryl methyl sites for hydroxylation is 1. The molecule has 0 unspecified atom stereocenters. The van der Waals surface area contributed by atoms with Crippen molar-refractivity contribution in [2.75, 3.05) is 5.73 Å². The number of rotatable bonds is 2. The third-order valence-corrected chi connectivity index (χ3v) is 3.10. The number of carbonyl (C=O) groups excluding carboxylic acids is 1. The predicted molar refractivity (Wildman–Crippen MR) is 57.3 cm³/mol. The van der Waals surface area contributed by atoms with Gasteiger partial charge in [0.2, 0.25) is 0 Å². The van der Waals surface area contributed by atoms with Crippen LogP contribution in [0.2, 0.25) is 0 Å². The van der Waals surface area contributed by atoms with E-state index in [-0.39, 0.29) is 11.4 Å². The standard InChI is InChI=1S/C10H16N4O/c1-10(4-3-5-10)13-9(15)7-6-12-14(2)8(7)11/h6H,3-5,11H2,1-2H3,(H,13,15). The second-order valence-electron chi connectivity index (χ2n) is 4.44. The number of nitrogens with one attached hydrogen (secondary N) is 1. The summed E-state index contributed by atoms with van der Waals surface area (Å²) in [4.78, 5) is 11.8. The first-order valence-electron chi connectivity index (χ1n) is 5.12. The van der Waals surface area contributed by atoms with Gasteiger partial charge < -0.3 is 11.1 Å². The molecule has 0 atom stereocenters. The van der Waals surface area contributed by atoms with E-state index in [1.54, 1.807) is 7.05 Å². The van der Waals surface area contributed by atoms with Crippen molar-refractivity contribution >= 4 is 11.7 Å². The van der Waals surface area contributed by atoms with Crippen molar-refractivity contribution in [3.63, 3.8) is 0 Å². The number of hydrogen-bond donors (Lipinski definition) is 2. The summed E-state index contributed by atoms with van der Waals surface area (Å²) in [5.41, 5.74) is 6.14. The maximum Gasteiger partial charge on any atom is 0.257 e. The van der Waals surface area contributed by atoms with Crippen LogP contribution in [0, 0.1) is 0 Å². The van der Waals surface area contributed by atoms with E-state index >= 15 is 0 Å². The maximum atomic E-state index is 11.8. The first kappa shape index (κ1) is 10.0. The first-order valence-corrected chi connectivity index (χ1v) is 5.12. The molecule has 1 aromatic rings. The van der Waals surface area contributed by atoms with Crippen molar-refractivity contribution in [3.8, 4) is 0 Å². The van der Waals surface area contributed by atoms with Crippen molar-refractivity contribution in [2.24, 2.45) is 7.05 Å². The summed E-state index contributed by atoms with van der Waals surface area (Å²) in [5.74, 6) is 0.290. The van der Waals surface area contributed by atoms with Gasteiger partial charge in [-0.1, -0.05) is 0 Å². The summed E-state index contributed by atoms with van der Waals surface area (Å²) in [5, 5.41) is 6.93. The van der Waals surface area contributed by atoms with E-state index in [0.29, 0.717) is 11.4 Å². The molecular weight excluding hydrogens is 192 g/mol. The fourth-order valence-electron chi connectivity index (χ4n) is 1.80. The first-order chi connectivity index (χ1) is 7.02. The van der Waals surface area contributed by atoms with Crippen LogP contribution in [0.15, 0.2) is 6.20 Å². The monoisotopic (exact) mass is 208 g/mol. The lowest BCUT2D eigenvalue weighted by Crippen LogP contribution is -2.51. The Bertz CT molecular complexity index is 392. The lowest BCUT2D eigenvalue weighted by Gasteiger charge is -2.39. The largest absolute Gasteiger partial charge is 0.383 e. The third-order valence-electron chi connectivity index (χ3n) is 3.10. The number of aromatic nitrogens is 2. The van der Waals surface area contributed by atoms with Gasteiger partial charge >= 0.3 is 0 Å². The van der Waals surface area contributed by atoms with Crippen LogP contribution >= 0.6 is 0 Å². The molecule has 15 heavy (non-hydrogen) atoms. The van der Waals surface area contributed by atoms with E-state index in [1.807, 2.05) is 0 Å². The molecule has 1 aliphatic rings. The van der Waals surface area contributed by atoms with Gasteiger partial charge in [0.05, 0.1) is 6.20 Å². The van der Waals surface area contributed by atoms with Crippen LogP contribution in [-0.4, -0.2) is 21.2 Å². The Balaban J connectivity index is 2.11. The minimum absolute atomic E-state index is 0.0423. The molecule has 5 heteroatoms. The van der Waals surface area contributed by atoms with Crippen LogP contribution in [0.25, 0.3) is 0 Å². The lowest BCUT2D eigenvalue weighted by atomic mass is 9.78. The quantitative estimate of drug-likeness (QED) is 0.750. The van der Waals surface area contributed by atoms with Crippen LogP contribution in [0.3, 0.4) is 0 Å². The lowest BCUT2D eigenvalue weighted by molar-refractivity contribution is 0.0851. The third kappa shape index (κ3) is 1.69. The van der Waals surface area contributed by atoms with E-state index in [2.05, 4.69) is 17.3 Å². The minimum Gasteiger partial charge on any atom is -0.383 e. The molecule has 3 N–H and O–H groups in total. The molecule has 1 amide bonds. The number of nitrogens with two attached hydrogens (primary N) is 1. The molecule has 1 aliphatic carbocycles. The second kappa shape index (κ2) is 3.25. The SMILES string of the molecule is Cn1ncc(C(=O)NC2(C)CCC2)c1N. The zero-order chi connectivity index (χ0) is 11.1. The molecule has 0 aliphatic heterocycles. The number of amides is 1. The molecule has 1 saturated carbocycles. The Morgan fingerprint density at radius 1 is 1.67 bits per heavy atom. The van der Waals surface area contributed by atoms with Gasteiger partial charge in [-0.3, -0.25) is 9.48 Å². The Morgan fingerprint density at radius 3 is 2.73 bits per heavy atom. The molecule has 0 aromatic carbocycles. The van der Waals surface area contributed by atoms with Crippen LogP contribution in [0.4, 0.5) is 5.82 Å². The Labute approximate surface area is 88.6 Å². The summed E-state index contributed by atoms with van der Waals surface area (Å²) in [7, 11) is 1.72. The summed E-state index contributed by atoms with van der Waals surface area (Å²) in [6.45, 7) is 2.06. The van der Waals surface area contributed by atoms with Crippen molar-refractivity contribution in [2.45, 2.75) is 31.7 Å². The van der Waals surface area contributed by atoms with Gasteiger partial charge in [-0.15, -0.1) is 0 Å². The molecule has 0 saturated heterocycles. The van der Waals surface area contributed by atoms with E-state index in [4.69, 9.17) is 5.73 Å². The highest BCUT2D eigenvalue weighted by Gasteiger charge is 2.34. The highest BCUT2D eigenvalue weighted by molar-refractivity contribution is 5.98. The molecule has 82 valence electrons. The zero-order valence-corrected chi connectivity index (χ0v) is 9.08. The maximum absolute atomic E-state index is 11.8. The molecule has 2 rings (SSSR count). The Morgan fingerprint density at radius 2 is 2.33 bits per heavy atom. The van der Waals surface area contributed by atoms with Gasteiger partial charge in [0.15, 0.2) is 0 Å². The van der Waals surface area contributed by atoms with Gasteiger partial charge in [0, 0.05) is 12.6 Å². The fourth-order valence-corrected chi connectivity index (χ4v) is 1.80. The predicted octanol–water partition coefficient (Wildman–Crippen LogP) is 0.675. The molecule has 0 bridgehead atoms. The van der Waals surface area contributed by atoms with Crippen LogP contribution < -0.4 is 11.1 Å². The van der Waals surface area contributed by atoms with E-state index < -0.39 is 0 Å². The number of carbonyl (C=O) groups is 1. The van der Waals surface area contributed by atoms with Gasteiger partial charge in [-0.05, 0) is 26.2 Å². The smallest absolute Gasteiger partial charge is 0.257 e. The van der Waals surface area contributed by atoms with Crippen molar-refractivity contribution < 1.29 is 4.79 Å². The highest BCUT2D eigenvalue weighted by Crippen LogP contribution is 2.31. The normalized spacial score (nSPS) is 18.3. The van der Waals surface area contributed by atoms with E-state index in [1.165, 1.54) is 17.3 Å². The van der Waals surface area contributed by atoms with E-state index in [0.717, 1.165) is 12.8 Å². The van der Waals surface area contributed by atoms with Gasteiger partial charge in [0.1, 0.15) is 11.4 Å². The number of nitrogens with zero attached hydrogens (tertiary/aromatic N) is 2. The average Bonchev–Trinajstić information content (AvgIpc) is 2.45. The summed E-state index contributed by atoms with van der Waals surface area (Å²) in [6.07, 6.45) is 4.77. The van der Waals surface area contributed by atoms with Gasteiger partial charge in [-0.25, -0.2) is 0 Å². The summed E-state index contributed by atoms with van der Waals surface area (Å²) in [6, 6.07) is 0. The van der Waals surface area contributed by atoms with Crippen LogP contribution in [0.5, 0.6) is 0 Å². The van der Waals surface area contributed by atoms with Gasteiger partial charge in [-0.2, -0.15) is 5.10 Å². The summed E-state index contributed by atoms with van der Waals surface area (Å²) < 4.78 is 1.50. The minimum atomic E-state index is -0.122. The van der Waals surface area contributed by atoms with Crippen molar-refractivity contribution in [1.29, 1.82) is 0 Å². The molecule has 1 fully saturated rings.